The summed E-state index contributed by atoms with van der Waals surface area (Å²) in [5.41, 5.74) is 1.02. The molecule has 0 bridgehead atoms. The molecule has 4 rings (SSSR count). The fraction of sp³-hybridized carbons (Fsp3) is 0.611. The second kappa shape index (κ2) is 7.74. The fourth-order valence-electron chi connectivity index (χ4n) is 3.89. The highest BCUT2D eigenvalue weighted by atomic mass is 19.3. The molecule has 0 radical (unpaired) electrons. The summed E-state index contributed by atoms with van der Waals surface area (Å²) in [4.78, 5) is 28.2. The number of amides is 2. The van der Waals surface area contributed by atoms with Crippen molar-refractivity contribution in [3.05, 3.63) is 29.3 Å². The Hall–Kier alpha value is -2.89. The van der Waals surface area contributed by atoms with Gasteiger partial charge in [0.1, 0.15) is 5.69 Å². The van der Waals surface area contributed by atoms with Crippen LogP contribution in [0.5, 0.6) is 0 Å². The van der Waals surface area contributed by atoms with Gasteiger partial charge in [-0.3, -0.25) is 14.3 Å². The van der Waals surface area contributed by atoms with Gasteiger partial charge >= 0.3 is 0 Å². The Balaban J connectivity index is 1.49. The normalized spacial score (nSPS) is 21.3. The van der Waals surface area contributed by atoms with Crippen LogP contribution in [0, 0.1) is 6.92 Å². The Morgan fingerprint density at radius 3 is 2.67 bits per heavy atom. The molecule has 0 saturated carbocycles. The van der Waals surface area contributed by atoms with Gasteiger partial charge in [0.25, 0.3) is 17.7 Å². The zero-order valence-electron chi connectivity index (χ0n) is 16.8. The topological polar surface area (TPSA) is 98.4 Å². The number of morpholine rings is 1. The predicted octanol–water partition coefficient (Wildman–Crippen LogP) is 0.342. The number of rotatable bonds is 4. The molecule has 2 amide bonds. The van der Waals surface area contributed by atoms with Crippen molar-refractivity contribution in [2.75, 3.05) is 32.8 Å². The van der Waals surface area contributed by atoms with E-state index in [-0.39, 0.29) is 23.8 Å². The molecule has 0 aliphatic carbocycles. The molecule has 2 saturated heterocycles. The summed E-state index contributed by atoms with van der Waals surface area (Å²) in [7, 11) is 1.60. The molecular formula is C18H23F2N7O3. The Bertz CT molecular complexity index is 951. The van der Waals surface area contributed by atoms with Crippen LogP contribution in [-0.4, -0.2) is 91.2 Å². The molecule has 2 aliphatic heterocycles. The van der Waals surface area contributed by atoms with Gasteiger partial charge in [0, 0.05) is 26.6 Å². The van der Waals surface area contributed by atoms with Gasteiger partial charge < -0.3 is 14.5 Å². The maximum Gasteiger partial charge on any atom is 0.276 e. The van der Waals surface area contributed by atoms with Crippen molar-refractivity contribution < 1.29 is 23.1 Å². The summed E-state index contributed by atoms with van der Waals surface area (Å²) in [5.74, 6) is -3.79. The number of hydrogen-bond acceptors (Lipinski definition) is 6. The standard InChI is InChI=1S/C18H23F2N7O3/c1-12-7-15(24(2)22-12)17(29)27-11-18(19,20)8-13(27)9-26-10-14(21-23-26)16(28)25-3-5-30-6-4-25/h7,10,13H,3-6,8-9,11H2,1-2H3. The van der Waals surface area contributed by atoms with Crippen LogP contribution in [0.3, 0.4) is 0 Å². The van der Waals surface area contributed by atoms with Gasteiger partial charge in [-0.25, -0.2) is 13.5 Å². The molecule has 2 aromatic heterocycles. The third-order valence-electron chi connectivity index (χ3n) is 5.31. The number of aryl methyl sites for hydroxylation is 2. The molecule has 12 heteroatoms. The minimum absolute atomic E-state index is 0.0154. The first kappa shape index (κ1) is 20.4. The van der Waals surface area contributed by atoms with E-state index in [4.69, 9.17) is 4.74 Å². The molecule has 1 unspecified atom stereocenters. The summed E-state index contributed by atoms with van der Waals surface area (Å²) in [6.45, 7) is 2.93. The van der Waals surface area contributed by atoms with E-state index in [0.29, 0.717) is 32.0 Å². The van der Waals surface area contributed by atoms with E-state index in [0.717, 1.165) is 4.90 Å². The van der Waals surface area contributed by atoms with E-state index in [9.17, 15) is 18.4 Å². The average molecular weight is 423 g/mol. The average Bonchev–Trinajstić information content (AvgIpc) is 3.38. The summed E-state index contributed by atoms with van der Waals surface area (Å²) in [6, 6.07) is 0.792. The number of alkyl halides is 2. The van der Waals surface area contributed by atoms with Gasteiger partial charge in [0.15, 0.2) is 5.69 Å². The summed E-state index contributed by atoms with van der Waals surface area (Å²) < 4.78 is 36.3. The lowest BCUT2D eigenvalue weighted by atomic mass is 10.2. The minimum Gasteiger partial charge on any atom is -0.378 e. The van der Waals surface area contributed by atoms with Gasteiger partial charge in [0.2, 0.25) is 0 Å². The number of aromatic nitrogens is 5. The molecule has 2 aromatic rings. The lowest BCUT2D eigenvalue weighted by Gasteiger charge is -2.25. The molecule has 2 aliphatic rings. The maximum absolute atomic E-state index is 14.2. The van der Waals surface area contributed by atoms with Crippen molar-refractivity contribution in [1.82, 2.24) is 34.6 Å². The Labute approximate surface area is 171 Å². The van der Waals surface area contributed by atoms with E-state index in [2.05, 4.69) is 15.4 Å². The lowest BCUT2D eigenvalue weighted by molar-refractivity contribution is 0.0116. The second-order valence-corrected chi connectivity index (χ2v) is 7.67. The zero-order valence-corrected chi connectivity index (χ0v) is 16.8. The number of likely N-dealkylation sites (tertiary alicyclic amines) is 1. The van der Waals surface area contributed by atoms with Crippen molar-refractivity contribution in [3.8, 4) is 0 Å². The molecular weight excluding hydrogens is 400 g/mol. The first-order valence-electron chi connectivity index (χ1n) is 9.70. The summed E-state index contributed by atoms with van der Waals surface area (Å²) in [5, 5.41) is 11.9. The summed E-state index contributed by atoms with van der Waals surface area (Å²) >= 11 is 0. The van der Waals surface area contributed by atoms with Crippen molar-refractivity contribution in [2.45, 2.75) is 31.9 Å². The minimum atomic E-state index is -3.00. The smallest absolute Gasteiger partial charge is 0.276 e. The second-order valence-electron chi connectivity index (χ2n) is 7.67. The lowest BCUT2D eigenvalue weighted by Crippen LogP contribution is -2.41. The van der Waals surface area contributed by atoms with Crippen LogP contribution in [0.2, 0.25) is 0 Å². The number of ether oxygens (including phenoxy) is 1. The number of halogens is 2. The number of carbonyl (C=O) groups is 2. The van der Waals surface area contributed by atoms with Gasteiger partial charge in [-0.2, -0.15) is 5.10 Å². The van der Waals surface area contributed by atoms with Gasteiger partial charge in [0.05, 0.1) is 44.2 Å². The van der Waals surface area contributed by atoms with Crippen LogP contribution in [0.15, 0.2) is 12.3 Å². The molecule has 30 heavy (non-hydrogen) atoms. The SMILES string of the molecule is Cc1cc(C(=O)N2CC(F)(F)CC2Cn2cc(C(=O)N3CCOCC3)nn2)n(C)n1. The number of nitrogens with zero attached hydrogens (tertiary/aromatic N) is 7. The van der Waals surface area contributed by atoms with E-state index in [1.54, 1.807) is 24.9 Å². The van der Waals surface area contributed by atoms with Crippen LogP contribution >= 0.6 is 0 Å². The van der Waals surface area contributed by atoms with E-state index < -0.39 is 30.8 Å². The van der Waals surface area contributed by atoms with Crippen LogP contribution in [0.4, 0.5) is 8.78 Å². The third-order valence-corrected chi connectivity index (χ3v) is 5.31. The van der Waals surface area contributed by atoms with Gasteiger partial charge in [-0.05, 0) is 13.0 Å². The molecule has 162 valence electrons. The number of carbonyl (C=O) groups excluding carboxylic acids is 2. The van der Waals surface area contributed by atoms with Crippen LogP contribution in [-0.2, 0) is 18.3 Å². The third kappa shape index (κ3) is 4.04. The molecule has 0 N–H and O–H groups in total. The molecule has 0 aromatic carbocycles. The van der Waals surface area contributed by atoms with Crippen LogP contribution < -0.4 is 0 Å². The monoisotopic (exact) mass is 423 g/mol. The van der Waals surface area contributed by atoms with E-state index >= 15 is 0 Å². The fourth-order valence-corrected chi connectivity index (χ4v) is 3.89. The van der Waals surface area contributed by atoms with Crippen molar-refractivity contribution in [1.29, 1.82) is 0 Å². The quantitative estimate of drug-likeness (QED) is 0.704. The Morgan fingerprint density at radius 2 is 2.00 bits per heavy atom. The predicted molar refractivity (Wildman–Crippen MR) is 99.1 cm³/mol. The van der Waals surface area contributed by atoms with E-state index in [1.807, 2.05) is 0 Å². The largest absolute Gasteiger partial charge is 0.378 e. The van der Waals surface area contributed by atoms with Gasteiger partial charge in [-0.1, -0.05) is 5.21 Å². The maximum atomic E-state index is 14.2. The first-order chi connectivity index (χ1) is 14.2. The van der Waals surface area contributed by atoms with Crippen molar-refractivity contribution in [2.24, 2.45) is 7.05 Å². The number of hydrogen-bond donors (Lipinski definition) is 0. The molecule has 1 atom stereocenters. The first-order valence-corrected chi connectivity index (χ1v) is 9.70. The highest BCUT2D eigenvalue weighted by molar-refractivity contribution is 5.93. The zero-order chi connectivity index (χ0) is 21.5. The Kier molecular flexibility index (Phi) is 5.26. The Morgan fingerprint density at radius 1 is 1.27 bits per heavy atom. The van der Waals surface area contributed by atoms with Crippen LogP contribution in [0.1, 0.15) is 33.1 Å². The molecule has 2 fully saturated rings. The van der Waals surface area contributed by atoms with E-state index in [1.165, 1.54) is 15.6 Å². The van der Waals surface area contributed by atoms with Crippen molar-refractivity contribution >= 4 is 11.8 Å². The van der Waals surface area contributed by atoms with Crippen LogP contribution in [0.25, 0.3) is 0 Å². The summed E-state index contributed by atoms with van der Waals surface area (Å²) in [6.07, 6.45) is 0.952. The van der Waals surface area contributed by atoms with Gasteiger partial charge in [-0.15, -0.1) is 5.10 Å². The highest BCUT2D eigenvalue weighted by Gasteiger charge is 2.47. The van der Waals surface area contributed by atoms with Crippen molar-refractivity contribution in [3.63, 3.8) is 0 Å². The molecule has 4 heterocycles. The highest BCUT2D eigenvalue weighted by Crippen LogP contribution is 2.33. The molecule has 10 nitrogen and oxygen atoms in total. The molecule has 0 spiro atoms.